The molecule has 0 rings (SSSR count). The SMILES string of the molecule is C=CCCCCCC[Si]O[Si](CCCCCCC=C)(OC)OC. The maximum absolute atomic E-state index is 6.07. The maximum Gasteiger partial charge on any atom is 0.489 e. The second-order valence-electron chi connectivity index (χ2n) is 5.82. The molecule has 3 nitrogen and oxygen atoms in total. The van der Waals surface area contributed by atoms with Crippen LogP contribution in [-0.2, 0) is 13.0 Å². The monoisotopic (exact) mass is 356 g/mol. The number of hydrogen-bond acceptors (Lipinski definition) is 3. The Labute approximate surface area is 147 Å². The van der Waals surface area contributed by atoms with Gasteiger partial charge in [-0.2, -0.15) is 0 Å². The average Bonchev–Trinajstić information content (AvgIpc) is 2.58. The number of allylic oxidation sites excluding steroid dienone is 2. The van der Waals surface area contributed by atoms with E-state index < -0.39 is 8.80 Å². The first kappa shape index (κ1) is 22.8. The van der Waals surface area contributed by atoms with Crippen LogP contribution in [0.15, 0.2) is 25.3 Å². The van der Waals surface area contributed by atoms with Crippen LogP contribution in [0.5, 0.6) is 0 Å². The molecule has 0 aromatic rings. The van der Waals surface area contributed by atoms with Gasteiger partial charge >= 0.3 is 8.80 Å². The molecule has 134 valence electrons. The molecular formula is C18H36O3Si2. The number of unbranched alkanes of at least 4 members (excludes halogenated alkanes) is 8. The molecule has 0 spiro atoms. The van der Waals surface area contributed by atoms with Gasteiger partial charge < -0.3 is 13.0 Å². The molecule has 0 bridgehead atoms. The van der Waals surface area contributed by atoms with Crippen molar-refractivity contribution in [3.63, 3.8) is 0 Å². The standard InChI is InChI=1S/C18H36O3Si2/c1-5-7-9-11-13-15-17-22-21-23(19-3,20-4)18-16-14-12-10-8-6-2/h5-6H,1-2,7-18H2,3-4H3. The van der Waals surface area contributed by atoms with E-state index in [1.807, 2.05) is 12.2 Å². The van der Waals surface area contributed by atoms with Gasteiger partial charge in [-0.3, -0.25) is 0 Å². The molecular weight excluding hydrogens is 320 g/mol. The normalized spacial score (nSPS) is 11.6. The predicted molar refractivity (Wildman–Crippen MR) is 103 cm³/mol. The lowest BCUT2D eigenvalue weighted by atomic mass is 10.1. The Kier molecular flexibility index (Phi) is 16.5. The third kappa shape index (κ3) is 12.8. The van der Waals surface area contributed by atoms with E-state index in [1.165, 1.54) is 44.9 Å². The van der Waals surface area contributed by atoms with Crippen LogP contribution in [-0.4, -0.2) is 32.8 Å². The lowest BCUT2D eigenvalue weighted by molar-refractivity contribution is 0.162. The van der Waals surface area contributed by atoms with E-state index in [-0.39, 0.29) is 0 Å². The fourth-order valence-electron chi connectivity index (χ4n) is 2.41. The van der Waals surface area contributed by atoms with Crippen LogP contribution >= 0.6 is 0 Å². The minimum absolute atomic E-state index is 0.500. The summed E-state index contributed by atoms with van der Waals surface area (Å²) in [7, 11) is 1.54. The van der Waals surface area contributed by atoms with Crippen LogP contribution in [0.1, 0.15) is 64.2 Å². The van der Waals surface area contributed by atoms with Gasteiger partial charge in [-0.25, -0.2) is 0 Å². The molecule has 2 radical (unpaired) electrons. The smallest absolute Gasteiger partial charge is 0.415 e. The van der Waals surface area contributed by atoms with Gasteiger partial charge in [0.25, 0.3) is 0 Å². The van der Waals surface area contributed by atoms with Crippen LogP contribution in [0.4, 0.5) is 0 Å². The Morgan fingerprint density at radius 3 is 1.83 bits per heavy atom. The van der Waals surface area contributed by atoms with Crippen LogP contribution in [0, 0.1) is 0 Å². The van der Waals surface area contributed by atoms with Crippen LogP contribution in [0.2, 0.25) is 12.1 Å². The van der Waals surface area contributed by atoms with E-state index in [0.29, 0.717) is 9.76 Å². The molecule has 0 atom stereocenters. The van der Waals surface area contributed by atoms with Crippen molar-refractivity contribution in [2.75, 3.05) is 14.2 Å². The lowest BCUT2D eigenvalue weighted by Crippen LogP contribution is -2.44. The third-order valence-corrected chi connectivity index (χ3v) is 8.52. The zero-order chi connectivity index (χ0) is 17.2. The summed E-state index contributed by atoms with van der Waals surface area (Å²) >= 11 is 0. The zero-order valence-electron chi connectivity index (χ0n) is 15.3. The molecule has 0 saturated heterocycles. The average molecular weight is 357 g/mol. The minimum Gasteiger partial charge on any atom is -0.415 e. The van der Waals surface area contributed by atoms with Gasteiger partial charge in [0.1, 0.15) is 0 Å². The molecule has 0 aliphatic rings. The first-order valence-corrected chi connectivity index (χ1v) is 12.0. The van der Waals surface area contributed by atoms with E-state index in [4.69, 9.17) is 13.0 Å². The summed E-state index contributed by atoms with van der Waals surface area (Å²) < 4.78 is 17.4. The van der Waals surface area contributed by atoms with Crippen molar-refractivity contribution in [3.05, 3.63) is 25.3 Å². The first-order chi connectivity index (χ1) is 11.2. The predicted octanol–water partition coefficient (Wildman–Crippen LogP) is 5.55. The third-order valence-electron chi connectivity index (χ3n) is 3.93. The van der Waals surface area contributed by atoms with E-state index >= 15 is 0 Å². The van der Waals surface area contributed by atoms with Gasteiger partial charge in [0.05, 0.1) is 0 Å². The number of rotatable bonds is 18. The van der Waals surface area contributed by atoms with E-state index in [0.717, 1.165) is 31.4 Å². The highest BCUT2D eigenvalue weighted by molar-refractivity contribution is 6.65. The highest BCUT2D eigenvalue weighted by atomic mass is 28.4. The molecule has 0 aromatic heterocycles. The molecule has 5 heteroatoms. The van der Waals surface area contributed by atoms with Crippen LogP contribution < -0.4 is 0 Å². The summed E-state index contributed by atoms with van der Waals surface area (Å²) in [6.45, 7) is 7.51. The Balaban J connectivity index is 3.76. The summed E-state index contributed by atoms with van der Waals surface area (Å²) in [6, 6.07) is 2.05. The van der Waals surface area contributed by atoms with Crippen molar-refractivity contribution in [2.24, 2.45) is 0 Å². The molecule has 0 amide bonds. The second-order valence-corrected chi connectivity index (χ2v) is 10.1. The summed E-state index contributed by atoms with van der Waals surface area (Å²) in [5.41, 5.74) is 0. The van der Waals surface area contributed by atoms with Crippen LogP contribution in [0.3, 0.4) is 0 Å². The fraction of sp³-hybridized carbons (Fsp3) is 0.778. The van der Waals surface area contributed by atoms with Gasteiger partial charge in [-0.05, 0) is 38.1 Å². The van der Waals surface area contributed by atoms with Gasteiger partial charge in [0.15, 0.2) is 0 Å². The Morgan fingerprint density at radius 1 is 0.783 bits per heavy atom. The topological polar surface area (TPSA) is 27.7 Å². The highest BCUT2D eigenvalue weighted by Gasteiger charge is 2.37. The van der Waals surface area contributed by atoms with Crippen LogP contribution in [0.25, 0.3) is 0 Å². The second kappa shape index (κ2) is 16.6. The molecule has 0 fully saturated rings. The van der Waals surface area contributed by atoms with Gasteiger partial charge in [0.2, 0.25) is 9.76 Å². The molecule has 0 aromatic carbocycles. The number of hydrogen-bond donors (Lipinski definition) is 0. The largest absolute Gasteiger partial charge is 0.489 e. The molecule has 0 unspecified atom stereocenters. The zero-order valence-corrected chi connectivity index (χ0v) is 17.3. The van der Waals surface area contributed by atoms with Crippen molar-refractivity contribution in [1.82, 2.24) is 0 Å². The molecule has 0 aliphatic heterocycles. The highest BCUT2D eigenvalue weighted by Crippen LogP contribution is 2.19. The summed E-state index contributed by atoms with van der Waals surface area (Å²) in [5.74, 6) is 0. The molecule has 0 saturated carbocycles. The lowest BCUT2D eigenvalue weighted by Gasteiger charge is -2.26. The summed E-state index contributed by atoms with van der Waals surface area (Å²) in [4.78, 5) is 0. The van der Waals surface area contributed by atoms with E-state index in [9.17, 15) is 0 Å². The Bertz CT molecular complexity index is 281. The maximum atomic E-state index is 6.07. The van der Waals surface area contributed by atoms with Crippen molar-refractivity contribution in [3.8, 4) is 0 Å². The molecule has 0 heterocycles. The summed E-state index contributed by atoms with van der Waals surface area (Å²) in [5, 5.41) is 0. The quantitative estimate of drug-likeness (QED) is 0.183. The Morgan fingerprint density at radius 2 is 1.30 bits per heavy atom. The fourth-order valence-corrected chi connectivity index (χ4v) is 6.42. The minimum atomic E-state index is -2.41. The van der Waals surface area contributed by atoms with Crippen molar-refractivity contribution in [1.29, 1.82) is 0 Å². The first-order valence-electron chi connectivity index (χ1n) is 8.97. The van der Waals surface area contributed by atoms with Gasteiger partial charge in [-0.15, -0.1) is 13.2 Å². The molecule has 0 N–H and O–H groups in total. The molecule has 0 aliphatic carbocycles. The van der Waals surface area contributed by atoms with Crippen molar-refractivity contribution < 1.29 is 13.0 Å². The van der Waals surface area contributed by atoms with Crippen molar-refractivity contribution in [2.45, 2.75) is 76.3 Å². The Hall–Kier alpha value is -0.206. The summed E-state index contributed by atoms with van der Waals surface area (Å²) in [6.07, 6.45) is 16.1. The molecule has 23 heavy (non-hydrogen) atoms. The van der Waals surface area contributed by atoms with Gasteiger partial charge in [0, 0.05) is 20.3 Å². The van der Waals surface area contributed by atoms with Crippen molar-refractivity contribution >= 4 is 18.6 Å². The van der Waals surface area contributed by atoms with E-state index in [1.54, 1.807) is 14.2 Å². The van der Waals surface area contributed by atoms with E-state index in [2.05, 4.69) is 13.2 Å². The van der Waals surface area contributed by atoms with Gasteiger partial charge in [-0.1, -0.05) is 44.3 Å².